The Labute approximate surface area is 147 Å². The lowest BCUT2D eigenvalue weighted by molar-refractivity contribution is -0.120. The highest BCUT2D eigenvalue weighted by atomic mass is 19.1. The number of rotatable bonds is 5. The maximum absolute atomic E-state index is 12.9. The molecular formula is C21H23FN2O. The number of aromatic nitrogens is 1. The number of benzene rings is 2. The quantitative estimate of drug-likeness (QED) is 0.718. The third-order valence-electron chi connectivity index (χ3n) is 4.58. The van der Waals surface area contributed by atoms with E-state index in [4.69, 9.17) is 0 Å². The SMILES string of the molecule is Cc1[nH]c2ccccc2c1C(C)(C)CNC(=O)Cc1ccc(F)cc1. The van der Waals surface area contributed by atoms with Gasteiger partial charge in [-0.2, -0.15) is 0 Å². The Bertz CT molecular complexity index is 894. The van der Waals surface area contributed by atoms with Crippen LogP contribution < -0.4 is 5.32 Å². The maximum Gasteiger partial charge on any atom is 0.224 e. The molecule has 1 amide bonds. The molecule has 1 aromatic heterocycles. The van der Waals surface area contributed by atoms with Gasteiger partial charge in [0.1, 0.15) is 5.82 Å². The molecule has 4 heteroatoms. The van der Waals surface area contributed by atoms with Crippen LogP contribution in [0.25, 0.3) is 10.9 Å². The van der Waals surface area contributed by atoms with Gasteiger partial charge < -0.3 is 10.3 Å². The topological polar surface area (TPSA) is 44.9 Å². The summed E-state index contributed by atoms with van der Waals surface area (Å²) >= 11 is 0. The second kappa shape index (κ2) is 6.71. The summed E-state index contributed by atoms with van der Waals surface area (Å²) in [4.78, 5) is 15.7. The molecule has 0 fully saturated rings. The summed E-state index contributed by atoms with van der Waals surface area (Å²) in [5, 5.41) is 4.21. The van der Waals surface area contributed by atoms with E-state index in [1.165, 1.54) is 23.1 Å². The number of hydrogen-bond acceptors (Lipinski definition) is 1. The summed E-state index contributed by atoms with van der Waals surface area (Å²) in [6.07, 6.45) is 0.253. The molecule has 0 bridgehead atoms. The van der Waals surface area contributed by atoms with E-state index in [1.54, 1.807) is 12.1 Å². The second-order valence-electron chi connectivity index (χ2n) is 7.13. The van der Waals surface area contributed by atoms with E-state index in [0.29, 0.717) is 6.54 Å². The molecule has 0 aliphatic heterocycles. The number of para-hydroxylation sites is 1. The van der Waals surface area contributed by atoms with Crippen molar-refractivity contribution < 1.29 is 9.18 Å². The Morgan fingerprint density at radius 3 is 2.52 bits per heavy atom. The van der Waals surface area contributed by atoms with Gasteiger partial charge >= 0.3 is 0 Å². The Morgan fingerprint density at radius 2 is 1.80 bits per heavy atom. The number of H-pyrrole nitrogens is 1. The molecule has 0 radical (unpaired) electrons. The van der Waals surface area contributed by atoms with Crippen LogP contribution in [0, 0.1) is 12.7 Å². The average molecular weight is 338 g/mol. The molecule has 1 heterocycles. The van der Waals surface area contributed by atoms with E-state index < -0.39 is 0 Å². The van der Waals surface area contributed by atoms with Crippen LogP contribution in [0.5, 0.6) is 0 Å². The Hall–Kier alpha value is -2.62. The van der Waals surface area contributed by atoms with Gasteiger partial charge in [-0.05, 0) is 36.2 Å². The van der Waals surface area contributed by atoms with E-state index >= 15 is 0 Å². The highest BCUT2D eigenvalue weighted by molar-refractivity contribution is 5.86. The van der Waals surface area contributed by atoms with E-state index in [-0.39, 0.29) is 23.6 Å². The van der Waals surface area contributed by atoms with E-state index in [9.17, 15) is 9.18 Å². The summed E-state index contributed by atoms with van der Waals surface area (Å²) in [6, 6.07) is 14.3. The molecule has 0 atom stereocenters. The zero-order chi connectivity index (χ0) is 18.0. The Morgan fingerprint density at radius 1 is 1.12 bits per heavy atom. The normalized spacial score (nSPS) is 11.7. The molecule has 3 nitrogen and oxygen atoms in total. The molecular weight excluding hydrogens is 315 g/mol. The first-order valence-corrected chi connectivity index (χ1v) is 8.46. The fraction of sp³-hybridized carbons (Fsp3) is 0.286. The maximum atomic E-state index is 12.9. The van der Waals surface area contributed by atoms with Gasteiger partial charge in [0.05, 0.1) is 6.42 Å². The number of halogens is 1. The minimum atomic E-state index is -0.292. The first-order valence-electron chi connectivity index (χ1n) is 8.46. The lowest BCUT2D eigenvalue weighted by atomic mass is 9.82. The number of carbonyl (C=O) groups is 1. The molecule has 0 aliphatic carbocycles. The van der Waals surface area contributed by atoms with Gasteiger partial charge in [-0.1, -0.05) is 44.2 Å². The van der Waals surface area contributed by atoms with Crippen LogP contribution in [0.2, 0.25) is 0 Å². The van der Waals surface area contributed by atoms with Crippen molar-refractivity contribution >= 4 is 16.8 Å². The van der Waals surface area contributed by atoms with Gasteiger partial charge in [-0.25, -0.2) is 4.39 Å². The zero-order valence-corrected chi connectivity index (χ0v) is 14.8. The monoisotopic (exact) mass is 338 g/mol. The smallest absolute Gasteiger partial charge is 0.224 e. The second-order valence-corrected chi connectivity index (χ2v) is 7.13. The van der Waals surface area contributed by atoms with E-state index in [0.717, 1.165) is 16.8 Å². The van der Waals surface area contributed by atoms with Gasteiger partial charge in [-0.3, -0.25) is 4.79 Å². The summed E-state index contributed by atoms with van der Waals surface area (Å²) in [7, 11) is 0. The third-order valence-corrected chi connectivity index (χ3v) is 4.58. The Kier molecular flexibility index (Phi) is 4.62. The van der Waals surface area contributed by atoms with Crippen LogP contribution in [0.15, 0.2) is 48.5 Å². The van der Waals surface area contributed by atoms with Gasteiger partial charge in [-0.15, -0.1) is 0 Å². The molecule has 3 aromatic rings. The first-order chi connectivity index (χ1) is 11.9. The number of aryl methyl sites for hydroxylation is 1. The van der Waals surface area contributed by atoms with Crippen molar-refractivity contribution in [1.82, 2.24) is 10.3 Å². The largest absolute Gasteiger partial charge is 0.358 e. The summed E-state index contributed by atoms with van der Waals surface area (Å²) in [5.74, 6) is -0.350. The molecule has 2 aromatic carbocycles. The van der Waals surface area contributed by atoms with Crippen molar-refractivity contribution in [3.05, 3.63) is 71.2 Å². The third kappa shape index (κ3) is 3.73. The van der Waals surface area contributed by atoms with Crippen LogP contribution in [0.4, 0.5) is 4.39 Å². The minimum Gasteiger partial charge on any atom is -0.358 e. The molecule has 0 saturated heterocycles. The van der Waals surface area contributed by atoms with Crippen LogP contribution in [0.3, 0.4) is 0 Å². The first kappa shape index (κ1) is 17.2. The predicted molar refractivity (Wildman–Crippen MR) is 99.2 cm³/mol. The number of hydrogen-bond donors (Lipinski definition) is 2. The Balaban J connectivity index is 1.71. The van der Waals surface area contributed by atoms with Crippen molar-refractivity contribution in [3.8, 4) is 0 Å². The van der Waals surface area contributed by atoms with Crippen molar-refractivity contribution in [2.45, 2.75) is 32.6 Å². The van der Waals surface area contributed by atoms with E-state index in [2.05, 4.69) is 43.2 Å². The molecule has 0 saturated carbocycles. The van der Waals surface area contributed by atoms with Crippen LogP contribution in [-0.2, 0) is 16.6 Å². The molecule has 0 spiro atoms. The van der Waals surface area contributed by atoms with Gasteiger partial charge in [0, 0.05) is 28.6 Å². The van der Waals surface area contributed by atoms with Gasteiger partial charge in [0.15, 0.2) is 0 Å². The van der Waals surface area contributed by atoms with Crippen molar-refractivity contribution in [2.24, 2.45) is 0 Å². The lowest BCUT2D eigenvalue weighted by Gasteiger charge is -2.26. The number of nitrogens with one attached hydrogen (secondary N) is 2. The lowest BCUT2D eigenvalue weighted by Crippen LogP contribution is -2.37. The van der Waals surface area contributed by atoms with Gasteiger partial charge in [0.2, 0.25) is 5.91 Å². The fourth-order valence-electron chi connectivity index (χ4n) is 3.41. The van der Waals surface area contributed by atoms with E-state index in [1.807, 2.05) is 12.1 Å². The standard InChI is InChI=1S/C21H23FN2O/c1-14-20(17-6-4-5-7-18(17)24-14)21(2,3)13-23-19(25)12-15-8-10-16(22)11-9-15/h4-11,24H,12-13H2,1-3H3,(H,23,25). The summed E-state index contributed by atoms with van der Waals surface area (Å²) in [6.45, 7) is 6.87. The predicted octanol–water partition coefficient (Wildman–Crippen LogP) is 4.25. The molecule has 130 valence electrons. The summed E-state index contributed by atoms with van der Waals surface area (Å²) < 4.78 is 12.9. The number of aromatic amines is 1. The number of fused-ring (bicyclic) bond motifs is 1. The summed E-state index contributed by atoms with van der Waals surface area (Å²) in [5.41, 5.74) is 4.06. The average Bonchev–Trinajstić information content (AvgIpc) is 2.92. The molecule has 25 heavy (non-hydrogen) atoms. The van der Waals surface area contributed by atoms with Crippen molar-refractivity contribution in [2.75, 3.05) is 6.54 Å². The van der Waals surface area contributed by atoms with Crippen LogP contribution in [-0.4, -0.2) is 17.4 Å². The number of amides is 1. The highest BCUT2D eigenvalue weighted by Crippen LogP contribution is 2.32. The number of carbonyl (C=O) groups excluding carboxylic acids is 1. The van der Waals surface area contributed by atoms with Crippen molar-refractivity contribution in [1.29, 1.82) is 0 Å². The molecule has 0 unspecified atom stereocenters. The molecule has 3 rings (SSSR count). The molecule has 2 N–H and O–H groups in total. The minimum absolute atomic E-state index is 0.0582. The highest BCUT2D eigenvalue weighted by Gasteiger charge is 2.26. The fourth-order valence-corrected chi connectivity index (χ4v) is 3.41. The molecule has 0 aliphatic rings. The van der Waals surface area contributed by atoms with Gasteiger partial charge in [0.25, 0.3) is 0 Å². The zero-order valence-electron chi connectivity index (χ0n) is 14.8. The van der Waals surface area contributed by atoms with Crippen molar-refractivity contribution in [3.63, 3.8) is 0 Å². The van der Waals surface area contributed by atoms with Crippen LogP contribution >= 0.6 is 0 Å². The van der Waals surface area contributed by atoms with Crippen LogP contribution in [0.1, 0.15) is 30.7 Å².